The van der Waals surface area contributed by atoms with Gasteiger partial charge in [0, 0.05) is 5.41 Å². The van der Waals surface area contributed by atoms with Gasteiger partial charge in [0.05, 0.1) is 5.25 Å². The third kappa shape index (κ3) is 2.00. The number of hydrogen-bond donors (Lipinski definition) is 2. The standard InChI is InChI=1S/C8H15N3S/c1-5(12)6-9-7(11-10-6)8(2,3)4/h5,12H,1-4H3,(H,9,10,11)/t5-/m1/s1. The summed E-state index contributed by atoms with van der Waals surface area (Å²) in [6, 6.07) is 0. The second kappa shape index (κ2) is 3.09. The minimum absolute atomic E-state index is 0.0356. The Morgan fingerprint density at radius 3 is 2.25 bits per heavy atom. The number of aromatic nitrogens is 3. The van der Waals surface area contributed by atoms with E-state index in [1.165, 1.54) is 0 Å². The smallest absolute Gasteiger partial charge is 0.163 e. The van der Waals surface area contributed by atoms with Crippen molar-refractivity contribution in [3.8, 4) is 0 Å². The number of hydrogen-bond acceptors (Lipinski definition) is 3. The third-order valence-corrected chi connectivity index (χ3v) is 1.82. The maximum Gasteiger partial charge on any atom is 0.163 e. The Hall–Kier alpha value is -0.510. The quantitative estimate of drug-likeness (QED) is 0.658. The van der Waals surface area contributed by atoms with Gasteiger partial charge in [0.1, 0.15) is 5.82 Å². The summed E-state index contributed by atoms with van der Waals surface area (Å²) >= 11 is 4.25. The van der Waals surface area contributed by atoms with Crippen LogP contribution in [-0.2, 0) is 5.41 Å². The lowest BCUT2D eigenvalue weighted by Gasteiger charge is -2.12. The fourth-order valence-corrected chi connectivity index (χ4v) is 0.912. The molecule has 68 valence electrons. The van der Waals surface area contributed by atoms with Crippen LogP contribution in [0.5, 0.6) is 0 Å². The Morgan fingerprint density at radius 2 is 2.00 bits per heavy atom. The second-order valence-corrected chi connectivity index (χ2v) is 4.74. The van der Waals surface area contributed by atoms with E-state index in [-0.39, 0.29) is 10.7 Å². The van der Waals surface area contributed by atoms with Gasteiger partial charge >= 0.3 is 0 Å². The van der Waals surface area contributed by atoms with Crippen LogP contribution < -0.4 is 0 Å². The van der Waals surface area contributed by atoms with Crippen molar-refractivity contribution in [2.24, 2.45) is 0 Å². The van der Waals surface area contributed by atoms with Crippen LogP contribution in [0, 0.1) is 0 Å². The highest BCUT2D eigenvalue weighted by atomic mass is 32.1. The van der Waals surface area contributed by atoms with Gasteiger partial charge in [-0.2, -0.15) is 17.7 Å². The first-order chi connectivity index (χ1) is 5.41. The Kier molecular flexibility index (Phi) is 2.46. The lowest BCUT2D eigenvalue weighted by atomic mass is 9.96. The summed E-state index contributed by atoms with van der Waals surface area (Å²) in [5.74, 6) is 1.68. The number of nitrogens with one attached hydrogen (secondary N) is 1. The van der Waals surface area contributed by atoms with Crippen molar-refractivity contribution in [2.45, 2.75) is 38.4 Å². The fraction of sp³-hybridized carbons (Fsp3) is 0.750. The van der Waals surface area contributed by atoms with Crippen LogP contribution in [0.3, 0.4) is 0 Å². The van der Waals surface area contributed by atoms with Crippen molar-refractivity contribution in [3.63, 3.8) is 0 Å². The van der Waals surface area contributed by atoms with Crippen LogP contribution >= 0.6 is 12.6 Å². The molecule has 0 spiro atoms. The molecule has 3 nitrogen and oxygen atoms in total. The van der Waals surface area contributed by atoms with E-state index in [1.54, 1.807) is 0 Å². The topological polar surface area (TPSA) is 41.6 Å². The second-order valence-electron chi connectivity index (χ2n) is 3.97. The van der Waals surface area contributed by atoms with Crippen molar-refractivity contribution in [3.05, 3.63) is 11.6 Å². The van der Waals surface area contributed by atoms with Gasteiger partial charge in [0.25, 0.3) is 0 Å². The Bertz CT molecular complexity index is 260. The summed E-state index contributed by atoms with van der Waals surface area (Å²) < 4.78 is 0. The maximum absolute atomic E-state index is 4.34. The lowest BCUT2D eigenvalue weighted by molar-refractivity contribution is 0.547. The SMILES string of the molecule is C[C@@H](S)c1n[nH]c(C(C)(C)C)n1. The van der Waals surface area contributed by atoms with Gasteiger partial charge in [-0.25, -0.2) is 4.98 Å². The molecule has 0 saturated heterocycles. The van der Waals surface area contributed by atoms with Crippen molar-refractivity contribution in [1.82, 2.24) is 15.2 Å². The number of aromatic amines is 1. The van der Waals surface area contributed by atoms with Gasteiger partial charge in [-0.3, -0.25) is 5.10 Å². The summed E-state index contributed by atoms with van der Waals surface area (Å²) in [6.07, 6.45) is 0. The van der Waals surface area contributed by atoms with Gasteiger partial charge in [-0.1, -0.05) is 20.8 Å². The molecule has 0 saturated carbocycles. The van der Waals surface area contributed by atoms with E-state index in [4.69, 9.17) is 0 Å². The van der Waals surface area contributed by atoms with Crippen LogP contribution in [-0.4, -0.2) is 15.2 Å². The molecule has 0 bridgehead atoms. The highest BCUT2D eigenvalue weighted by Crippen LogP contribution is 2.20. The average Bonchev–Trinajstić information content (AvgIpc) is 2.30. The van der Waals surface area contributed by atoms with Gasteiger partial charge in [-0.05, 0) is 6.92 Å². The first-order valence-electron chi connectivity index (χ1n) is 4.02. The molecule has 1 rings (SSSR count). The molecule has 0 aliphatic heterocycles. The van der Waals surface area contributed by atoms with E-state index in [0.29, 0.717) is 0 Å². The number of nitrogens with zero attached hydrogens (tertiary/aromatic N) is 2. The lowest BCUT2D eigenvalue weighted by Crippen LogP contribution is -2.13. The van der Waals surface area contributed by atoms with Crippen LogP contribution in [0.2, 0.25) is 0 Å². The zero-order valence-corrected chi connectivity index (χ0v) is 8.81. The summed E-state index contributed by atoms with van der Waals surface area (Å²) in [5, 5.41) is 7.08. The Morgan fingerprint density at radius 1 is 1.42 bits per heavy atom. The molecule has 1 N–H and O–H groups in total. The molecule has 0 unspecified atom stereocenters. The first-order valence-corrected chi connectivity index (χ1v) is 4.54. The van der Waals surface area contributed by atoms with Crippen molar-refractivity contribution >= 4 is 12.6 Å². The van der Waals surface area contributed by atoms with Crippen molar-refractivity contribution in [2.75, 3.05) is 0 Å². The highest BCUT2D eigenvalue weighted by molar-refractivity contribution is 7.80. The molecule has 1 atom stereocenters. The Balaban J connectivity index is 2.92. The summed E-state index contributed by atoms with van der Waals surface area (Å²) in [4.78, 5) is 4.34. The normalized spacial score (nSPS) is 14.8. The fourth-order valence-electron chi connectivity index (χ4n) is 0.797. The van der Waals surface area contributed by atoms with E-state index in [2.05, 4.69) is 48.6 Å². The first kappa shape index (κ1) is 9.58. The van der Waals surface area contributed by atoms with E-state index >= 15 is 0 Å². The zero-order valence-electron chi connectivity index (χ0n) is 7.92. The highest BCUT2D eigenvalue weighted by Gasteiger charge is 2.19. The summed E-state index contributed by atoms with van der Waals surface area (Å²) in [7, 11) is 0. The maximum atomic E-state index is 4.34. The number of thiol groups is 1. The Labute approximate surface area is 78.4 Å². The van der Waals surface area contributed by atoms with Gasteiger partial charge in [-0.15, -0.1) is 0 Å². The molecule has 1 aromatic heterocycles. The largest absolute Gasteiger partial charge is 0.263 e. The molecule has 0 radical (unpaired) electrons. The zero-order chi connectivity index (χ0) is 9.35. The predicted molar refractivity (Wildman–Crippen MR) is 52.5 cm³/mol. The molecule has 0 amide bonds. The van der Waals surface area contributed by atoms with Crippen LogP contribution in [0.15, 0.2) is 0 Å². The predicted octanol–water partition coefficient (Wildman–Crippen LogP) is 2.09. The van der Waals surface area contributed by atoms with E-state index < -0.39 is 0 Å². The molecule has 0 aromatic carbocycles. The van der Waals surface area contributed by atoms with Gasteiger partial charge in [0.2, 0.25) is 0 Å². The van der Waals surface area contributed by atoms with E-state index in [9.17, 15) is 0 Å². The molecule has 0 fully saturated rings. The van der Waals surface area contributed by atoms with Crippen LogP contribution in [0.4, 0.5) is 0 Å². The molecule has 1 heterocycles. The van der Waals surface area contributed by atoms with E-state index in [1.807, 2.05) is 6.92 Å². The van der Waals surface area contributed by atoms with Gasteiger partial charge < -0.3 is 0 Å². The number of rotatable bonds is 1. The number of H-pyrrole nitrogens is 1. The molecule has 0 aliphatic rings. The van der Waals surface area contributed by atoms with E-state index in [0.717, 1.165) is 11.6 Å². The minimum Gasteiger partial charge on any atom is -0.263 e. The van der Waals surface area contributed by atoms with Gasteiger partial charge in [0.15, 0.2) is 5.82 Å². The van der Waals surface area contributed by atoms with Crippen molar-refractivity contribution in [1.29, 1.82) is 0 Å². The van der Waals surface area contributed by atoms with Crippen LogP contribution in [0.1, 0.15) is 44.6 Å². The molecule has 1 aromatic rings. The molecular formula is C8H15N3S. The third-order valence-electron chi connectivity index (χ3n) is 1.59. The monoisotopic (exact) mass is 185 g/mol. The molecule has 12 heavy (non-hydrogen) atoms. The molecular weight excluding hydrogens is 170 g/mol. The molecule has 4 heteroatoms. The average molecular weight is 185 g/mol. The summed E-state index contributed by atoms with van der Waals surface area (Å²) in [6.45, 7) is 8.25. The van der Waals surface area contributed by atoms with Crippen LogP contribution in [0.25, 0.3) is 0 Å². The van der Waals surface area contributed by atoms with Crippen molar-refractivity contribution < 1.29 is 0 Å². The minimum atomic E-state index is 0.0356. The molecule has 0 aliphatic carbocycles. The summed E-state index contributed by atoms with van der Waals surface area (Å²) in [5.41, 5.74) is 0.0356.